The van der Waals surface area contributed by atoms with Gasteiger partial charge in [-0.1, -0.05) is 23.2 Å². The molecule has 0 radical (unpaired) electrons. The van der Waals surface area contributed by atoms with Crippen LogP contribution in [0.2, 0.25) is 0 Å². The molecule has 4 N–H and O–H groups in total. The highest BCUT2D eigenvalue weighted by molar-refractivity contribution is 6.26. The number of halogens is 4. The predicted molar refractivity (Wildman–Crippen MR) is 74.0 cm³/mol. The highest BCUT2D eigenvalue weighted by Gasteiger charge is 2.81. The van der Waals surface area contributed by atoms with Gasteiger partial charge in [0.2, 0.25) is 5.06 Å². The van der Waals surface area contributed by atoms with E-state index >= 15 is 0 Å². The van der Waals surface area contributed by atoms with E-state index in [2.05, 4.69) is 4.98 Å². The molecule has 0 aromatic carbocycles. The minimum atomic E-state index is -4.55. The molecular formula is C11H11Cl2F2N3O5. The second-order valence-corrected chi connectivity index (χ2v) is 5.89. The van der Waals surface area contributed by atoms with Crippen molar-refractivity contribution in [3.05, 3.63) is 22.7 Å². The molecule has 128 valence electrons. The lowest BCUT2D eigenvalue weighted by Gasteiger charge is -2.34. The van der Waals surface area contributed by atoms with Crippen LogP contribution in [0.4, 0.5) is 14.6 Å². The number of Topliss-reactive ketones (excluding diaryl/α,β-unsaturated/α-hetero) is 1. The Kier molecular flexibility index (Phi) is 4.19. The highest BCUT2D eigenvalue weighted by Crippen LogP contribution is 2.56. The molecule has 0 amide bonds. The smallest absolute Gasteiger partial charge is 0.352 e. The number of aliphatic hydroxyl groups is 2. The minimum absolute atomic E-state index is 0.137. The summed E-state index contributed by atoms with van der Waals surface area (Å²) >= 11 is 10.7. The Hall–Kier alpha value is -1.33. The van der Waals surface area contributed by atoms with Gasteiger partial charge in [0.1, 0.15) is 11.9 Å². The molecular weight excluding hydrogens is 363 g/mol. The van der Waals surface area contributed by atoms with Gasteiger partial charge in [-0.3, -0.25) is 9.36 Å². The predicted octanol–water partition coefficient (Wildman–Crippen LogP) is -0.414. The Morgan fingerprint density at radius 3 is 2.57 bits per heavy atom. The number of hydrogen-bond donors (Lipinski definition) is 3. The van der Waals surface area contributed by atoms with Gasteiger partial charge in [-0.25, -0.2) is 4.79 Å². The molecule has 0 saturated carbocycles. The third-order valence-corrected chi connectivity index (χ3v) is 4.11. The Morgan fingerprint density at radius 2 is 2.17 bits per heavy atom. The molecule has 2 rings (SSSR count). The summed E-state index contributed by atoms with van der Waals surface area (Å²) in [4.78, 5) is 27.1. The Balaban J connectivity index is 2.81. The quantitative estimate of drug-likeness (QED) is 0.614. The Morgan fingerprint density at radius 1 is 1.61 bits per heavy atom. The topological polar surface area (TPSA) is 128 Å². The number of rotatable bonds is 3. The molecule has 4 atom stereocenters. The van der Waals surface area contributed by atoms with Crippen LogP contribution >= 0.6 is 23.2 Å². The maximum absolute atomic E-state index is 14.8. The number of ketones is 1. The molecule has 2 heterocycles. The number of aliphatic hydroxyl groups excluding tert-OH is 1. The summed E-state index contributed by atoms with van der Waals surface area (Å²) in [5.41, 5.74) is -1.63. The Bertz CT molecular complexity index is 711. The number of nitrogens with zero attached hydrogens (tertiary/aromatic N) is 2. The number of hydrogen-bond acceptors (Lipinski definition) is 7. The molecule has 1 aromatic rings. The summed E-state index contributed by atoms with van der Waals surface area (Å²) in [5.74, 6) is -6.22. The van der Waals surface area contributed by atoms with Crippen molar-refractivity contribution in [1.82, 2.24) is 9.55 Å². The van der Waals surface area contributed by atoms with Crippen LogP contribution in [-0.4, -0.2) is 48.2 Å². The zero-order valence-corrected chi connectivity index (χ0v) is 12.9. The van der Waals surface area contributed by atoms with E-state index in [4.69, 9.17) is 33.7 Å². The fourth-order valence-electron chi connectivity index (χ4n) is 2.33. The number of nitrogens with two attached hydrogens (primary N) is 1. The zero-order valence-electron chi connectivity index (χ0n) is 11.4. The maximum Gasteiger partial charge on any atom is 0.352 e. The van der Waals surface area contributed by atoms with Crippen LogP contribution < -0.4 is 11.4 Å². The van der Waals surface area contributed by atoms with E-state index in [1.807, 2.05) is 0 Å². The van der Waals surface area contributed by atoms with Gasteiger partial charge in [0.05, 0.1) is 0 Å². The van der Waals surface area contributed by atoms with Crippen molar-refractivity contribution < 1.29 is 28.5 Å². The number of nitrogen functional groups attached to an aromatic ring is 1. The van der Waals surface area contributed by atoms with Crippen molar-refractivity contribution in [1.29, 1.82) is 0 Å². The highest BCUT2D eigenvalue weighted by atomic mass is 35.5. The van der Waals surface area contributed by atoms with Crippen LogP contribution in [0, 0.1) is 0 Å². The standard InChI is InChI=1S/C11H11Cl2F2N3O5/c1-4(19)10(18-3-2-5(16)17-8(18)21)11(14,15)9(13,22)6(23-10)7(12)20/h2-3,6-7,20,22H,1H3,(H2,16,17,21)/t6-,7?,9-,10-/m1/s1. The summed E-state index contributed by atoms with van der Waals surface area (Å²) in [6.07, 6.45) is -1.55. The van der Waals surface area contributed by atoms with Crippen molar-refractivity contribution in [2.45, 2.75) is 35.3 Å². The first kappa shape index (κ1) is 18.0. The number of carbonyl (C=O) groups is 1. The fraction of sp³-hybridized carbons (Fsp3) is 0.545. The average molecular weight is 374 g/mol. The van der Waals surface area contributed by atoms with E-state index < -0.39 is 39.8 Å². The van der Waals surface area contributed by atoms with Gasteiger partial charge in [-0.15, -0.1) is 0 Å². The first-order valence-electron chi connectivity index (χ1n) is 6.05. The zero-order chi connectivity index (χ0) is 17.8. The van der Waals surface area contributed by atoms with Gasteiger partial charge < -0.3 is 20.7 Å². The second kappa shape index (κ2) is 5.35. The first-order chi connectivity index (χ1) is 10.4. The van der Waals surface area contributed by atoms with Crippen LogP contribution in [-0.2, 0) is 15.3 Å². The van der Waals surface area contributed by atoms with E-state index in [0.29, 0.717) is 6.92 Å². The SMILES string of the molecule is CC(=O)[C@@]1(n2ccc(N)nc2=O)O[C@H](C(O)Cl)[C@](O)(Cl)C1(F)F. The van der Waals surface area contributed by atoms with Crippen LogP contribution in [0.1, 0.15) is 6.92 Å². The molecule has 1 aliphatic heterocycles. The van der Waals surface area contributed by atoms with Gasteiger partial charge in [-0.05, 0) is 13.0 Å². The lowest BCUT2D eigenvalue weighted by Crippen LogP contribution is -2.61. The van der Waals surface area contributed by atoms with Gasteiger partial charge in [0, 0.05) is 6.20 Å². The summed E-state index contributed by atoms with van der Waals surface area (Å²) in [6.45, 7) is 0.687. The normalized spacial score (nSPS) is 34.3. The van der Waals surface area contributed by atoms with Crippen LogP contribution in [0.3, 0.4) is 0 Å². The number of anilines is 1. The molecule has 12 heteroatoms. The number of carbonyl (C=O) groups excluding carboxylic acids is 1. The lowest BCUT2D eigenvalue weighted by molar-refractivity contribution is -0.220. The molecule has 1 saturated heterocycles. The van der Waals surface area contributed by atoms with Crippen molar-refractivity contribution in [2.75, 3.05) is 5.73 Å². The molecule has 1 fully saturated rings. The number of aromatic nitrogens is 2. The van der Waals surface area contributed by atoms with Crippen molar-refractivity contribution in [2.24, 2.45) is 0 Å². The Labute approximate surface area is 137 Å². The monoisotopic (exact) mass is 373 g/mol. The van der Waals surface area contributed by atoms with Crippen LogP contribution in [0.15, 0.2) is 17.1 Å². The van der Waals surface area contributed by atoms with E-state index in [1.54, 1.807) is 0 Å². The molecule has 0 spiro atoms. The molecule has 23 heavy (non-hydrogen) atoms. The average Bonchev–Trinajstić information content (AvgIpc) is 2.55. The third kappa shape index (κ3) is 2.24. The molecule has 0 bridgehead atoms. The molecule has 0 aliphatic carbocycles. The van der Waals surface area contributed by atoms with E-state index in [-0.39, 0.29) is 10.4 Å². The summed E-state index contributed by atoms with van der Waals surface area (Å²) in [6, 6.07) is 0.962. The second-order valence-electron chi connectivity index (χ2n) is 4.86. The van der Waals surface area contributed by atoms with Crippen molar-refractivity contribution in [3.63, 3.8) is 0 Å². The van der Waals surface area contributed by atoms with Gasteiger partial charge in [0.15, 0.2) is 11.3 Å². The molecule has 1 unspecified atom stereocenters. The van der Waals surface area contributed by atoms with Gasteiger partial charge in [-0.2, -0.15) is 13.8 Å². The van der Waals surface area contributed by atoms with Crippen molar-refractivity contribution in [3.8, 4) is 0 Å². The third-order valence-electron chi connectivity index (χ3n) is 3.43. The fourth-order valence-corrected chi connectivity index (χ4v) is 2.92. The van der Waals surface area contributed by atoms with Crippen LogP contribution in [0.25, 0.3) is 0 Å². The summed E-state index contributed by atoms with van der Waals surface area (Å²) in [7, 11) is 0. The maximum atomic E-state index is 14.8. The van der Waals surface area contributed by atoms with Crippen LogP contribution in [0.5, 0.6) is 0 Å². The number of ether oxygens (including phenoxy) is 1. The number of alkyl halides is 4. The lowest BCUT2D eigenvalue weighted by atomic mass is 9.96. The first-order valence-corrected chi connectivity index (χ1v) is 6.86. The summed E-state index contributed by atoms with van der Waals surface area (Å²) < 4.78 is 34.5. The summed E-state index contributed by atoms with van der Waals surface area (Å²) in [5, 5.41) is 15.6. The van der Waals surface area contributed by atoms with Crippen molar-refractivity contribution >= 4 is 34.8 Å². The molecule has 1 aliphatic rings. The van der Waals surface area contributed by atoms with E-state index in [0.717, 1.165) is 12.3 Å². The molecule has 8 nitrogen and oxygen atoms in total. The van der Waals surface area contributed by atoms with E-state index in [1.165, 1.54) is 0 Å². The largest absolute Gasteiger partial charge is 0.383 e. The van der Waals surface area contributed by atoms with Gasteiger partial charge >= 0.3 is 11.6 Å². The minimum Gasteiger partial charge on any atom is -0.383 e. The van der Waals surface area contributed by atoms with E-state index in [9.17, 15) is 28.6 Å². The molecule has 1 aromatic heterocycles. The van der Waals surface area contributed by atoms with Gasteiger partial charge in [0.25, 0.3) is 5.72 Å².